The molecule has 122 valence electrons. The summed E-state index contributed by atoms with van der Waals surface area (Å²) in [4.78, 5) is 25.1. The Morgan fingerprint density at radius 2 is 1.91 bits per heavy atom. The molecule has 3 rings (SSSR count). The van der Waals surface area contributed by atoms with Gasteiger partial charge in [0.05, 0.1) is 0 Å². The molecule has 1 amide bonds. The number of aromatic nitrogens is 4. The second-order valence-corrected chi connectivity index (χ2v) is 5.70. The van der Waals surface area contributed by atoms with Crippen LogP contribution in [0.3, 0.4) is 0 Å². The number of anilines is 1. The molecule has 1 saturated heterocycles. The van der Waals surface area contributed by atoms with Gasteiger partial charge in [-0.05, 0) is 19.4 Å². The SMILES string of the molecule is CCCC(=O)N1CCN(c2cc(-n3cccn3)nc(C)n2)CC1. The van der Waals surface area contributed by atoms with Gasteiger partial charge in [-0.2, -0.15) is 5.10 Å². The highest BCUT2D eigenvalue weighted by Gasteiger charge is 2.22. The van der Waals surface area contributed by atoms with Crippen LogP contribution in [-0.4, -0.2) is 56.7 Å². The second kappa shape index (κ2) is 6.76. The number of piperazine rings is 1. The van der Waals surface area contributed by atoms with Crippen molar-refractivity contribution in [2.45, 2.75) is 26.7 Å². The smallest absolute Gasteiger partial charge is 0.222 e. The first-order chi connectivity index (χ1) is 11.2. The minimum absolute atomic E-state index is 0.253. The molecule has 3 heterocycles. The van der Waals surface area contributed by atoms with Crippen molar-refractivity contribution in [3.63, 3.8) is 0 Å². The van der Waals surface area contributed by atoms with E-state index in [4.69, 9.17) is 0 Å². The second-order valence-electron chi connectivity index (χ2n) is 5.70. The Bertz CT molecular complexity index is 661. The van der Waals surface area contributed by atoms with Crippen molar-refractivity contribution in [2.75, 3.05) is 31.1 Å². The predicted molar refractivity (Wildman–Crippen MR) is 87.6 cm³/mol. The van der Waals surface area contributed by atoms with Crippen LogP contribution in [0.25, 0.3) is 5.82 Å². The lowest BCUT2D eigenvalue weighted by Crippen LogP contribution is -2.49. The highest BCUT2D eigenvalue weighted by Crippen LogP contribution is 2.17. The Labute approximate surface area is 135 Å². The lowest BCUT2D eigenvalue weighted by molar-refractivity contribution is -0.131. The van der Waals surface area contributed by atoms with E-state index < -0.39 is 0 Å². The van der Waals surface area contributed by atoms with Crippen LogP contribution in [0.1, 0.15) is 25.6 Å². The molecule has 1 aliphatic heterocycles. The molecule has 2 aromatic heterocycles. The van der Waals surface area contributed by atoms with E-state index in [9.17, 15) is 4.79 Å². The normalized spacial score (nSPS) is 15.0. The standard InChI is InChI=1S/C16H22N6O/c1-3-5-16(23)21-10-8-20(9-11-21)14-12-15(19-13(2)18-14)22-7-4-6-17-22/h4,6-7,12H,3,5,8-11H2,1-2H3. The molecular weight excluding hydrogens is 292 g/mol. The Hall–Kier alpha value is -2.44. The summed E-state index contributed by atoms with van der Waals surface area (Å²) in [5, 5.41) is 4.22. The van der Waals surface area contributed by atoms with Crippen LogP contribution in [0.2, 0.25) is 0 Å². The van der Waals surface area contributed by atoms with Gasteiger partial charge in [-0.1, -0.05) is 6.92 Å². The molecule has 0 saturated carbocycles. The molecule has 0 unspecified atom stereocenters. The van der Waals surface area contributed by atoms with E-state index in [1.807, 2.05) is 37.1 Å². The van der Waals surface area contributed by atoms with Crippen molar-refractivity contribution in [3.05, 3.63) is 30.4 Å². The maximum atomic E-state index is 12.0. The van der Waals surface area contributed by atoms with Crippen LogP contribution in [-0.2, 0) is 4.79 Å². The van der Waals surface area contributed by atoms with Crippen molar-refractivity contribution in [2.24, 2.45) is 0 Å². The van der Waals surface area contributed by atoms with Crippen molar-refractivity contribution < 1.29 is 4.79 Å². The topological polar surface area (TPSA) is 67.2 Å². The maximum absolute atomic E-state index is 12.0. The third-order valence-electron chi connectivity index (χ3n) is 3.97. The molecule has 0 N–H and O–H groups in total. The monoisotopic (exact) mass is 314 g/mol. The van der Waals surface area contributed by atoms with Gasteiger partial charge >= 0.3 is 0 Å². The molecule has 0 bridgehead atoms. The summed E-state index contributed by atoms with van der Waals surface area (Å²) in [5.74, 6) is 2.63. The zero-order valence-electron chi connectivity index (χ0n) is 13.6. The number of aryl methyl sites for hydroxylation is 1. The Kier molecular flexibility index (Phi) is 4.55. The lowest BCUT2D eigenvalue weighted by atomic mass is 10.2. The summed E-state index contributed by atoms with van der Waals surface area (Å²) in [6, 6.07) is 3.82. The first-order valence-corrected chi connectivity index (χ1v) is 8.06. The number of amides is 1. The molecule has 7 heteroatoms. The van der Waals surface area contributed by atoms with E-state index in [0.29, 0.717) is 6.42 Å². The summed E-state index contributed by atoms with van der Waals surface area (Å²) >= 11 is 0. The molecule has 2 aromatic rings. The van der Waals surface area contributed by atoms with Crippen LogP contribution in [0.5, 0.6) is 0 Å². The first kappa shape index (κ1) is 15.5. The van der Waals surface area contributed by atoms with Crippen molar-refractivity contribution >= 4 is 11.7 Å². The van der Waals surface area contributed by atoms with Crippen LogP contribution in [0.4, 0.5) is 5.82 Å². The van der Waals surface area contributed by atoms with E-state index in [-0.39, 0.29) is 5.91 Å². The number of carbonyl (C=O) groups is 1. The van der Waals surface area contributed by atoms with E-state index in [2.05, 4.69) is 20.0 Å². The lowest BCUT2D eigenvalue weighted by Gasteiger charge is -2.35. The summed E-state index contributed by atoms with van der Waals surface area (Å²) in [7, 11) is 0. The Morgan fingerprint density at radius 3 is 2.57 bits per heavy atom. The van der Waals surface area contributed by atoms with E-state index in [0.717, 1.165) is 50.1 Å². The van der Waals surface area contributed by atoms with Crippen LogP contribution in [0.15, 0.2) is 24.5 Å². The summed E-state index contributed by atoms with van der Waals surface area (Å²) in [6.45, 7) is 7.01. The minimum atomic E-state index is 0.253. The number of nitrogens with zero attached hydrogens (tertiary/aromatic N) is 6. The molecular formula is C16H22N6O. The molecule has 1 fully saturated rings. The maximum Gasteiger partial charge on any atom is 0.222 e. The van der Waals surface area contributed by atoms with Gasteiger partial charge in [0.15, 0.2) is 5.82 Å². The molecule has 23 heavy (non-hydrogen) atoms. The third kappa shape index (κ3) is 3.49. The number of hydrogen-bond donors (Lipinski definition) is 0. The fraction of sp³-hybridized carbons (Fsp3) is 0.500. The van der Waals surface area contributed by atoms with Gasteiger partial charge in [0.25, 0.3) is 0 Å². The number of carbonyl (C=O) groups excluding carboxylic acids is 1. The molecule has 1 aliphatic rings. The van der Waals surface area contributed by atoms with Gasteiger partial charge in [-0.25, -0.2) is 14.6 Å². The van der Waals surface area contributed by atoms with Gasteiger partial charge in [0.1, 0.15) is 11.6 Å². The van der Waals surface area contributed by atoms with E-state index >= 15 is 0 Å². The fourth-order valence-electron chi connectivity index (χ4n) is 2.78. The first-order valence-electron chi connectivity index (χ1n) is 8.06. The zero-order valence-corrected chi connectivity index (χ0v) is 13.6. The quantitative estimate of drug-likeness (QED) is 0.854. The van der Waals surface area contributed by atoms with Gasteiger partial charge in [0, 0.05) is 51.1 Å². The van der Waals surface area contributed by atoms with Gasteiger partial charge in [0.2, 0.25) is 5.91 Å². The van der Waals surface area contributed by atoms with E-state index in [1.54, 1.807) is 10.9 Å². The molecule has 7 nitrogen and oxygen atoms in total. The van der Waals surface area contributed by atoms with Gasteiger partial charge in [-0.3, -0.25) is 4.79 Å². The van der Waals surface area contributed by atoms with Crippen molar-refractivity contribution in [1.82, 2.24) is 24.6 Å². The largest absolute Gasteiger partial charge is 0.353 e. The van der Waals surface area contributed by atoms with Gasteiger partial charge in [-0.15, -0.1) is 0 Å². The average molecular weight is 314 g/mol. The Morgan fingerprint density at radius 1 is 1.17 bits per heavy atom. The fourth-order valence-corrected chi connectivity index (χ4v) is 2.78. The van der Waals surface area contributed by atoms with Crippen LogP contribution >= 0.6 is 0 Å². The highest BCUT2D eigenvalue weighted by atomic mass is 16.2. The summed E-state index contributed by atoms with van der Waals surface area (Å²) in [6.07, 6.45) is 5.13. The molecule has 0 aliphatic carbocycles. The number of rotatable bonds is 4. The van der Waals surface area contributed by atoms with E-state index in [1.165, 1.54) is 0 Å². The zero-order chi connectivity index (χ0) is 16.2. The molecule has 0 aromatic carbocycles. The Balaban J connectivity index is 1.72. The molecule has 0 radical (unpaired) electrons. The average Bonchev–Trinajstić information content (AvgIpc) is 3.09. The number of hydrogen-bond acceptors (Lipinski definition) is 5. The third-order valence-corrected chi connectivity index (χ3v) is 3.97. The molecule has 0 spiro atoms. The predicted octanol–water partition coefficient (Wildman–Crippen LogP) is 1.42. The van der Waals surface area contributed by atoms with Gasteiger partial charge < -0.3 is 9.80 Å². The van der Waals surface area contributed by atoms with Crippen LogP contribution in [0, 0.1) is 6.92 Å². The molecule has 0 atom stereocenters. The van der Waals surface area contributed by atoms with Crippen LogP contribution < -0.4 is 4.90 Å². The summed E-state index contributed by atoms with van der Waals surface area (Å²) < 4.78 is 1.74. The van der Waals surface area contributed by atoms with Crippen molar-refractivity contribution in [1.29, 1.82) is 0 Å². The minimum Gasteiger partial charge on any atom is -0.353 e. The summed E-state index contributed by atoms with van der Waals surface area (Å²) in [5.41, 5.74) is 0. The van der Waals surface area contributed by atoms with Crippen molar-refractivity contribution in [3.8, 4) is 5.82 Å². The highest BCUT2D eigenvalue weighted by molar-refractivity contribution is 5.76.